The number of nitrogens with one attached hydrogen (secondary N) is 1. The maximum Gasteiger partial charge on any atom is 0.326 e. The lowest BCUT2D eigenvalue weighted by Gasteiger charge is -2.21. The number of aryl methyl sites for hydroxylation is 1. The highest BCUT2D eigenvalue weighted by Gasteiger charge is 2.33. The Labute approximate surface area is 125 Å². The molecule has 0 bridgehead atoms. The number of aliphatic carboxylic acids is 1. The van der Waals surface area contributed by atoms with Crippen LogP contribution in [0, 0.1) is 0 Å². The van der Waals surface area contributed by atoms with Crippen molar-refractivity contribution in [2.24, 2.45) is 0 Å². The summed E-state index contributed by atoms with van der Waals surface area (Å²) in [6, 6.07) is 6.71. The molecule has 5 heteroatoms. The largest absolute Gasteiger partial charge is 0.480 e. The summed E-state index contributed by atoms with van der Waals surface area (Å²) in [5, 5.41) is 11.9. The van der Waals surface area contributed by atoms with E-state index >= 15 is 0 Å². The molecule has 21 heavy (non-hydrogen) atoms. The van der Waals surface area contributed by atoms with E-state index in [2.05, 4.69) is 12.2 Å². The van der Waals surface area contributed by atoms with Crippen LogP contribution in [-0.2, 0) is 11.2 Å². The van der Waals surface area contributed by atoms with Crippen LogP contribution in [0.2, 0.25) is 0 Å². The molecule has 1 aliphatic heterocycles. The van der Waals surface area contributed by atoms with E-state index in [9.17, 15) is 9.59 Å². The molecule has 1 aromatic carbocycles. The molecular weight excluding hydrogens is 268 g/mol. The van der Waals surface area contributed by atoms with Gasteiger partial charge in [0.1, 0.15) is 6.04 Å². The number of anilines is 1. The summed E-state index contributed by atoms with van der Waals surface area (Å²) in [4.78, 5) is 24.6. The predicted octanol–water partition coefficient (Wildman–Crippen LogP) is 3.11. The van der Waals surface area contributed by atoms with Gasteiger partial charge in [0.05, 0.1) is 0 Å². The minimum Gasteiger partial charge on any atom is -0.480 e. The second-order valence-electron chi connectivity index (χ2n) is 5.42. The Kier molecular flexibility index (Phi) is 5.20. The van der Waals surface area contributed by atoms with Gasteiger partial charge in [0.25, 0.3) is 0 Å². The number of carboxylic acid groups (broad SMARTS) is 1. The Morgan fingerprint density at radius 2 is 2.05 bits per heavy atom. The minimum absolute atomic E-state index is 0.332. The first-order valence-corrected chi connectivity index (χ1v) is 7.51. The fraction of sp³-hybridized carbons (Fsp3) is 0.500. The molecule has 2 amide bonds. The molecule has 1 saturated heterocycles. The number of likely N-dealkylation sites (tertiary alicyclic amines) is 1. The van der Waals surface area contributed by atoms with Crippen molar-refractivity contribution in [2.75, 3.05) is 11.9 Å². The number of carboxylic acids is 1. The van der Waals surface area contributed by atoms with Crippen LogP contribution in [0.3, 0.4) is 0 Å². The number of amides is 2. The van der Waals surface area contributed by atoms with E-state index in [1.807, 2.05) is 24.3 Å². The van der Waals surface area contributed by atoms with Crippen LogP contribution in [0.5, 0.6) is 0 Å². The number of nitrogens with zero attached hydrogens (tertiary/aromatic N) is 1. The van der Waals surface area contributed by atoms with Crippen molar-refractivity contribution in [3.8, 4) is 0 Å². The number of hydrogen-bond acceptors (Lipinski definition) is 2. The zero-order chi connectivity index (χ0) is 15.2. The summed E-state index contributed by atoms with van der Waals surface area (Å²) in [5.41, 5.74) is 1.95. The van der Waals surface area contributed by atoms with Gasteiger partial charge in [-0.05, 0) is 43.4 Å². The summed E-state index contributed by atoms with van der Waals surface area (Å²) in [6.45, 7) is 2.65. The van der Waals surface area contributed by atoms with Crippen molar-refractivity contribution in [1.29, 1.82) is 0 Å². The van der Waals surface area contributed by atoms with Gasteiger partial charge in [-0.15, -0.1) is 0 Å². The van der Waals surface area contributed by atoms with Gasteiger partial charge in [-0.1, -0.05) is 25.5 Å². The first kappa shape index (κ1) is 15.4. The summed E-state index contributed by atoms with van der Waals surface area (Å²) < 4.78 is 0. The topological polar surface area (TPSA) is 69.6 Å². The van der Waals surface area contributed by atoms with Crippen molar-refractivity contribution in [3.05, 3.63) is 29.8 Å². The molecule has 0 saturated carbocycles. The summed E-state index contributed by atoms with van der Waals surface area (Å²) in [7, 11) is 0. The fourth-order valence-electron chi connectivity index (χ4n) is 2.60. The maximum absolute atomic E-state index is 12.1. The molecule has 0 aliphatic carbocycles. The van der Waals surface area contributed by atoms with Crippen LogP contribution in [0.1, 0.15) is 38.2 Å². The molecule has 1 aromatic rings. The van der Waals surface area contributed by atoms with Crippen LogP contribution >= 0.6 is 0 Å². The third-order valence-electron chi connectivity index (χ3n) is 3.82. The molecule has 1 fully saturated rings. The first-order valence-electron chi connectivity index (χ1n) is 7.51. The van der Waals surface area contributed by atoms with Crippen molar-refractivity contribution >= 4 is 17.7 Å². The molecule has 1 heterocycles. The molecule has 1 aliphatic rings. The second-order valence-corrected chi connectivity index (χ2v) is 5.42. The van der Waals surface area contributed by atoms with E-state index in [-0.39, 0.29) is 6.03 Å². The van der Waals surface area contributed by atoms with Crippen LogP contribution in [0.4, 0.5) is 10.5 Å². The van der Waals surface area contributed by atoms with Gasteiger partial charge in [0, 0.05) is 12.2 Å². The highest BCUT2D eigenvalue weighted by Crippen LogP contribution is 2.19. The third kappa shape index (κ3) is 3.97. The van der Waals surface area contributed by atoms with E-state index in [0.29, 0.717) is 18.7 Å². The predicted molar refractivity (Wildman–Crippen MR) is 81.4 cm³/mol. The third-order valence-corrected chi connectivity index (χ3v) is 3.82. The zero-order valence-corrected chi connectivity index (χ0v) is 12.3. The second kappa shape index (κ2) is 7.11. The molecule has 0 aromatic heterocycles. The lowest BCUT2D eigenvalue weighted by atomic mass is 10.1. The number of hydrogen-bond donors (Lipinski definition) is 2. The summed E-state index contributed by atoms with van der Waals surface area (Å²) in [6.07, 6.45) is 4.61. The van der Waals surface area contributed by atoms with Crippen molar-refractivity contribution < 1.29 is 14.7 Å². The smallest absolute Gasteiger partial charge is 0.326 e. The number of rotatable bonds is 5. The van der Waals surface area contributed by atoms with Gasteiger partial charge in [-0.2, -0.15) is 0 Å². The van der Waals surface area contributed by atoms with Gasteiger partial charge >= 0.3 is 12.0 Å². The standard InChI is InChI=1S/C16H22N2O3/c1-2-3-5-12-7-9-13(10-8-12)17-16(21)18-11-4-6-14(18)15(19)20/h7-10,14H,2-6,11H2,1H3,(H,17,21)(H,19,20). The molecule has 5 nitrogen and oxygen atoms in total. The SMILES string of the molecule is CCCCc1ccc(NC(=O)N2CCCC2C(=O)O)cc1. The number of benzene rings is 1. The fourth-order valence-corrected chi connectivity index (χ4v) is 2.60. The summed E-state index contributed by atoms with van der Waals surface area (Å²) >= 11 is 0. The Morgan fingerprint density at radius 1 is 1.33 bits per heavy atom. The Bertz CT molecular complexity index is 499. The number of urea groups is 1. The molecular formula is C16H22N2O3. The van der Waals surface area contributed by atoms with E-state index in [4.69, 9.17) is 5.11 Å². The van der Waals surface area contributed by atoms with Gasteiger partial charge in [-0.3, -0.25) is 0 Å². The van der Waals surface area contributed by atoms with E-state index in [1.54, 1.807) is 0 Å². The van der Waals surface area contributed by atoms with Crippen LogP contribution in [0.25, 0.3) is 0 Å². The van der Waals surface area contributed by atoms with Gasteiger partial charge in [0.2, 0.25) is 0 Å². The highest BCUT2D eigenvalue weighted by molar-refractivity contribution is 5.92. The quantitative estimate of drug-likeness (QED) is 0.875. The van der Waals surface area contributed by atoms with Crippen LogP contribution < -0.4 is 5.32 Å². The molecule has 2 N–H and O–H groups in total. The lowest BCUT2D eigenvalue weighted by molar-refractivity contribution is -0.141. The monoisotopic (exact) mass is 290 g/mol. The van der Waals surface area contributed by atoms with Crippen molar-refractivity contribution in [2.45, 2.75) is 45.1 Å². The van der Waals surface area contributed by atoms with Crippen molar-refractivity contribution in [1.82, 2.24) is 4.90 Å². The Hall–Kier alpha value is -2.04. The Balaban J connectivity index is 1.94. The maximum atomic E-state index is 12.1. The van der Waals surface area contributed by atoms with E-state index in [1.165, 1.54) is 10.5 Å². The molecule has 1 unspecified atom stereocenters. The first-order chi connectivity index (χ1) is 10.1. The van der Waals surface area contributed by atoms with Gasteiger partial charge < -0.3 is 15.3 Å². The Morgan fingerprint density at radius 3 is 2.67 bits per heavy atom. The molecule has 1 atom stereocenters. The molecule has 114 valence electrons. The molecule has 0 radical (unpaired) electrons. The van der Waals surface area contributed by atoms with E-state index < -0.39 is 12.0 Å². The zero-order valence-electron chi connectivity index (χ0n) is 12.3. The van der Waals surface area contributed by atoms with Gasteiger partial charge in [-0.25, -0.2) is 9.59 Å². The van der Waals surface area contributed by atoms with Gasteiger partial charge in [0.15, 0.2) is 0 Å². The number of carbonyl (C=O) groups is 2. The number of carbonyl (C=O) groups excluding carboxylic acids is 1. The highest BCUT2D eigenvalue weighted by atomic mass is 16.4. The minimum atomic E-state index is -0.933. The van der Waals surface area contributed by atoms with E-state index in [0.717, 1.165) is 25.7 Å². The van der Waals surface area contributed by atoms with Crippen LogP contribution in [-0.4, -0.2) is 34.6 Å². The molecule has 0 spiro atoms. The number of unbranched alkanes of at least 4 members (excludes halogenated alkanes) is 1. The average Bonchev–Trinajstić information content (AvgIpc) is 2.96. The molecule has 2 rings (SSSR count). The lowest BCUT2D eigenvalue weighted by Crippen LogP contribution is -2.42. The van der Waals surface area contributed by atoms with Crippen molar-refractivity contribution in [3.63, 3.8) is 0 Å². The van der Waals surface area contributed by atoms with Crippen LogP contribution in [0.15, 0.2) is 24.3 Å². The normalized spacial score (nSPS) is 17.8. The summed E-state index contributed by atoms with van der Waals surface area (Å²) in [5.74, 6) is -0.933. The average molecular weight is 290 g/mol.